The van der Waals surface area contributed by atoms with Crippen LogP contribution in [-0.4, -0.2) is 13.7 Å². The summed E-state index contributed by atoms with van der Waals surface area (Å²) in [5.41, 5.74) is 1.23. The second-order valence-corrected chi connectivity index (χ2v) is 4.52. The molecule has 0 fully saturated rings. The van der Waals surface area contributed by atoms with Crippen molar-refractivity contribution in [3.63, 3.8) is 0 Å². The summed E-state index contributed by atoms with van der Waals surface area (Å²) in [6, 6.07) is 8.16. The third-order valence-electron chi connectivity index (χ3n) is 2.64. The zero-order valence-electron chi connectivity index (χ0n) is 11.0. The minimum atomic E-state index is 0. The molecule has 0 aromatic heterocycles. The van der Waals surface area contributed by atoms with Gasteiger partial charge in [0.25, 0.3) is 0 Å². The van der Waals surface area contributed by atoms with Crippen LogP contribution >= 0.6 is 12.4 Å². The lowest BCUT2D eigenvalue weighted by molar-refractivity contribution is 0.407. The number of hydrogen-bond donors (Lipinski definition) is 1. The van der Waals surface area contributed by atoms with Crippen molar-refractivity contribution in [1.29, 1.82) is 0 Å². The minimum absolute atomic E-state index is 0. The Kier molecular flexibility index (Phi) is 8.92. The second kappa shape index (κ2) is 9.32. The van der Waals surface area contributed by atoms with E-state index in [1.165, 1.54) is 18.4 Å². The Labute approximate surface area is 111 Å². The molecule has 1 aromatic carbocycles. The molecular weight excluding hydrogens is 234 g/mol. The highest BCUT2D eigenvalue weighted by Crippen LogP contribution is 2.16. The van der Waals surface area contributed by atoms with Gasteiger partial charge in [0.1, 0.15) is 5.75 Å². The highest BCUT2D eigenvalue weighted by Gasteiger charge is 2.00. The van der Waals surface area contributed by atoms with Crippen molar-refractivity contribution in [3.05, 3.63) is 29.8 Å². The van der Waals surface area contributed by atoms with Crippen LogP contribution in [0.25, 0.3) is 0 Å². The van der Waals surface area contributed by atoms with Crippen molar-refractivity contribution in [2.75, 3.05) is 13.7 Å². The van der Waals surface area contributed by atoms with Gasteiger partial charge in [-0.25, -0.2) is 0 Å². The molecule has 1 N–H and O–H groups in total. The molecule has 0 spiro atoms. The summed E-state index contributed by atoms with van der Waals surface area (Å²) >= 11 is 0. The fourth-order valence-electron chi connectivity index (χ4n) is 1.71. The molecule has 0 aliphatic rings. The predicted molar refractivity (Wildman–Crippen MR) is 76.0 cm³/mol. The van der Waals surface area contributed by atoms with Crippen molar-refractivity contribution in [1.82, 2.24) is 5.32 Å². The van der Waals surface area contributed by atoms with Gasteiger partial charge < -0.3 is 10.1 Å². The Morgan fingerprint density at radius 1 is 1.24 bits per heavy atom. The summed E-state index contributed by atoms with van der Waals surface area (Å²) < 4.78 is 5.30. The standard InChI is InChI=1S/C14H23NO.ClH/c1-12(2)7-6-10-15-11-13-8-4-5-9-14(13)16-3;/h4-5,8-9,12,15H,6-7,10-11H2,1-3H3;1H. The molecule has 0 saturated heterocycles. The number of methoxy groups -OCH3 is 1. The van der Waals surface area contributed by atoms with Gasteiger partial charge in [-0.2, -0.15) is 0 Å². The van der Waals surface area contributed by atoms with E-state index in [0.29, 0.717) is 0 Å². The lowest BCUT2D eigenvalue weighted by Gasteiger charge is -2.09. The van der Waals surface area contributed by atoms with Gasteiger partial charge in [0.15, 0.2) is 0 Å². The molecule has 0 saturated carbocycles. The largest absolute Gasteiger partial charge is 0.496 e. The zero-order valence-corrected chi connectivity index (χ0v) is 11.8. The fraction of sp³-hybridized carbons (Fsp3) is 0.571. The first-order valence-corrected chi connectivity index (χ1v) is 6.06. The number of hydrogen-bond acceptors (Lipinski definition) is 2. The third kappa shape index (κ3) is 6.54. The molecular formula is C14H24ClNO. The number of benzene rings is 1. The maximum atomic E-state index is 5.30. The Morgan fingerprint density at radius 3 is 2.59 bits per heavy atom. The summed E-state index contributed by atoms with van der Waals surface area (Å²) in [5, 5.41) is 3.45. The number of ether oxygens (including phenoxy) is 1. The summed E-state index contributed by atoms with van der Waals surface area (Å²) in [5.74, 6) is 1.77. The maximum absolute atomic E-state index is 5.30. The van der Waals surface area contributed by atoms with Crippen molar-refractivity contribution < 1.29 is 4.74 Å². The quantitative estimate of drug-likeness (QED) is 0.753. The van der Waals surface area contributed by atoms with Crippen LogP contribution in [0.3, 0.4) is 0 Å². The summed E-state index contributed by atoms with van der Waals surface area (Å²) in [7, 11) is 1.72. The molecule has 1 aromatic rings. The predicted octanol–water partition coefficient (Wildman–Crippen LogP) is 3.64. The molecule has 0 heterocycles. The summed E-state index contributed by atoms with van der Waals surface area (Å²) in [6.07, 6.45) is 2.53. The van der Waals surface area contributed by atoms with Crippen molar-refractivity contribution in [2.45, 2.75) is 33.2 Å². The highest BCUT2D eigenvalue weighted by molar-refractivity contribution is 5.85. The Bertz CT molecular complexity index is 302. The van der Waals surface area contributed by atoms with E-state index >= 15 is 0 Å². The number of nitrogens with one attached hydrogen (secondary N) is 1. The molecule has 0 unspecified atom stereocenters. The van der Waals surface area contributed by atoms with Crippen LogP contribution in [0, 0.1) is 5.92 Å². The van der Waals surface area contributed by atoms with Crippen molar-refractivity contribution >= 4 is 12.4 Å². The first-order chi connectivity index (χ1) is 7.74. The van der Waals surface area contributed by atoms with Gasteiger partial charge in [0.05, 0.1) is 7.11 Å². The van der Waals surface area contributed by atoms with Gasteiger partial charge in [-0.1, -0.05) is 32.0 Å². The molecule has 0 aliphatic carbocycles. The fourth-order valence-corrected chi connectivity index (χ4v) is 1.71. The van der Waals surface area contributed by atoms with Crippen LogP contribution in [0.1, 0.15) is 32.3 Å². The average Bonchev–Trinajstić information content (AvgIpc) is 2.29. The molecule has 0 amide bonds. The minimum Gasteiger partial charge on any atom is -0.496 e. The van der Waals surface area contributed by atoms with Gasteiger partial charge >= 0.3 is 0 Å². The van der Waals surface area contributed by atoms with Crippen LogP contribution in [0.4, 0.5) is 0 Å². The van der Waals surface area contributed by atoms with E-state index in [9.17, 15) is 0 Å². The normalized spacial score (nSPS) is 10.1. The number of halogens is 1. The van der Waals surface area contributed by atoms with Crippen molar-refractivity contribution in [3.8, 4) is 5.75 Å². The van der Waals surface area contributed by atoms with E-state index in [1.807, 2.05) is 18.2 Å². The van der Waals surface area contributed by atoms with E-state index in [1.54, 1.807) is 7.11 Å². The monoisotopic (exact) mass is 257 g/mol. The summed E-state index contributed by atoms with van der Waals surface area (Å²) in [4.78, 5) is 0. The zero-order chi connectivity index (χ0) is 11.8. The first-order valence-electron chi connectivity index (χ1n) is 6.06. The molecule has 0 radical (unpaired) electrons. The second-order valence-electron chi connectivity index (χ2n) is 4.52. The molecule has 1 rings (SSSR count). The Balaban J connectivity index is 0.00000256. The van der Waals surface area contributed by atoms with Crippen LogP contribution in [-0.2, 0) is 6.54 Å². The van der Waals surface area contributed by atoms with Gasteiger partial charge in [0, 0.05) is 12.1 Å². The van der Waals surface area contributed by atoms with Crippen LogP contribution < -0.4 is 10.1 Å². The van der Waals surface area contributed by atoms with Gasteiger partial charge in [-0.15, -0.1) is 12.4 Å². The summed E-state index contributed by atoms with van der Waals surface area (Å²) in [6.45, 7) is 6.50. The SMILES string of the molecule is COc1ccccc1CNCCCC(C)C.Cl. The topological polar surface area (TPSA) is 21.3 Å². The lowest BCUT2D eigenvalue weighted by Crippen LogP contribution is -2.15. The highest BCUT2D eigenvalue weighted by atomic mass is 35.5. The van der Waals surface area contributed by atoms with Crippen molar-refractivity contribution in [2.24, 2.45) is 5.92 Å². The molecule has 3 heteroatoms. The maximum Gasteiger partial charge on any atom is 0.123 e. The Morgan fingerprint density at radius 2 is 1.94 bits per heavy atom. The first kappa shape index (κ1) is 16.3. The van der Waals surface area contributed by atoms with E-state index in [4.69, 9.17) is 4.74 Å². The average molecular weight is 258 g/mol. The van der Waals surface area contributed by atoms with Gasteiger partial charge in [-0.05, 0) is 31.4 Å². The van der Waals surface area contributed by atoms with E-state index in [0.717, 1.165) is 24.8 Å². The van der Waals surface area contributed by atoms with Crippen LogP contribution in [0.5, 0.6) is 5.75 Å². The lowest BCUT2D eigenvalue weighted by atomic mass is 10.1. The van der Waals surface area contributed by atoms with E-state index in [-0.39, 0.29) is 12.4 Å². The molecule has 0 bridgehead atoms. The molecule has 2 nitrogen and oxygen atoms in total. The smallest absolute Gasteiger partial charge is 0.123 e. The van der Waals surface area contributed by atoms with Gasteiger partial charge in [0.2, 0.25) is 0 Å². The van der Waals surface area contributed by atoms with Gasteiger partial charge in [-0.3, -0.25) is 0 Å². The third-order valence-corrected chi connectivity index (χ3v) is 2.64. The number of para-hydroxylation sites is 1. The number of rotatable bonds is 7. The van der Waals surface area contributed by atoms with E-state index < -0.39 is 0 Å². The molecule has 98 valence electrons. The van der Waals surface area contributed by atoms with E-state index in [2.05, 4.69) is 25.2 Å². The Hall–Kier alpha value is -0.730. The molecule has 17 heavy (non-hydrogen) atoms. The van der Waals surface area contributed by atoms with Crippen LogP contribution in [0.2, 0.25) is 0 Å². The van der Waals surface area contributed by atoms with Crippen LogP contribution in [0.15, 0.2) is 24.3 Å². The molecule has 0 atom stereocenters. The molecule has 0 aliphatic heterocycles.